The van der Waals surface area contributed by atoms with Crippen LogP contribution in [0.1, 0.15) is 34.3 Å². The molecule has 2 heterocycles. The van der Waals surface area contributed by atoms with Gasteiger partial charge in [0, 0.05) is 28.4 Å². The number of rotatable bonds is 4. The molecule has 1 saturated heterocycles. The van der Waals surface area contributed by atoms with Crippen LogP contribution in [-0.2, 0) is 11.2 Å². The van der Waals surface area contributed by atoms with Crippen LogP contribution in [0.4, 0.5) is 4.79 Å². The van der Waals surface area contributed by atoms with Crippen LogP contribution in [0, 0.1) is 11.8 Å². The first kappa shape index (κ1) is 19.9. The van der Waals surface area contributed by atoms with Crippen LogP contribution in [0.3, 0.4) is 0 Å². The summed E-state index contributed by atoms with van der Waals surface area (Å²) in [6.45, 7) is 0. The number of benzene rings is 1. The maximum atomic E-state index is 12.6. The van der Waals surface area contributed by atoms with Crippen LogP contribution in [0.15, 0.2) is 59.3 Å². The van der Waals surface area contributed by atoms with Crippen molar-refractivity contribution in [2.45, 2.75) is 29.7 Å². The number of aromatic nitrogens is 1. The summed E-state index contributed by atoms with van der Waals surface area (Å²) in [6.07, 6.45) is 8.22. The molecule has 1 atom stereocenters. The number of hydrogen-bond acceptors (Lipinski definition) is 5. The van der Waals surface area contributed by atoms with Crippen molar-refractivity contribution in [3.63, 3.8) is 0 Å². The number of nitrogens with zero attached hydrogens (tertiary/aromatic N) is 1. The Kier molecular flexibility index (Phi) is 5.42. The van der Waals surface area contributed by atoms with Crippen LogP contribution in [-0.4, -0.2) is 34.5 Å². The van der Waals surface area contributed by atoms with Crippen molar-refractivity contribution in [1.82, 2.24) is 15.6 Å². The molecule has 2 N–H and O–H groups in total. The Labute approximate surface area is 178 Å². The second kappa shape index (κ2) is 8.17. The van der Waals surface area contributed by atoms with Crippen molar-refractivity contribution < 1.29 is 14.4 Å². The van der Waals surface area contributed by atoms with E-state index in [0.29, 0.717) is 18.4 Å². The van der Waals surface area contributed by atoms with Crippen LogP contribution >= 0.6 is 11.8 Å². The van der Waals surface area contributed by atoms with E-state index >= 15 is 0 Å². The second-order valence-corrected chi connectivity index (χ2v) is 8.05. The molecule has 4 rings (SSSR count). The third-order valence-corrected chi connectivity index (χ3v) is 5.91. The fourth-order valence-corrected chi connectivity index (χ4v) is 4.01. The molecule has 30 heavy (non-hydrogen) atoms. The first-order valence-corrected chi connectivity index (χ1v) is 10.7. The fraction of sp³-hybridized carbons (Fsp3) is 0.217. The molecule has 0 spiro atoms. The van der Waals surface area contributed by atoms with E-state index in [0.717, 1.165) is 21.6 Å². The zero-order chi connectivity index (χ0) is 21.1. The SMILES string of the molecule is CSc1ccc2c(c1)C(=O)C=C(CCC1(C#Cc3cccnc3)NC(=O)NC1=O)C2. The minimum Gasteiger partial charge on any atom is -0.313 e. The Morgan fingerprint density at radius 3 is 2.80 bits per heavy atom. The van der Waals surface area contributed by atoms with Gasteiger partial charge in [0.1, 0.15) is 0 Å². The van der Waals surface area contributed by atoms with E-state index in [2.05, 4.69) is 27.5 Å². The summed E-state index contributed by atoms with van der Waals surface area (Å²) in [6, 6.07) is 8.87. The molecule has 1 aromatic heterocycles. The third kappa shape index (κ3) is 4.00. The number of urea groups is 1. The van der Waals surface area contributed by atoms with Gasteiger partial charge in [-0.1, -0.05) is 23.5 Å². The number of carbonyl (C=O) groups is 3. The largest absolute Gasteiger partial charge is 0.323 e. The summed E-state index contributed by atoms with van der Waals surface area (Å²) in [5.41, 5.74) is 1.94. The Balaban J connectivity index is 1.55. The number of ketones is 1. The number of amides is 3. The molecule has 1 fully saturated rings. The number of imide groups is 1. The molecule has 0 radical (unpaired) electrons. The van der Waals surface area contributed by atoms with Gasteiger partial charge in [0.05, 0.1) is 0 Å². The highest BCUT2D eigenvalue weighted by atomic mass is 32.2. The van der Waals surface area contributed by atoms with Crippen molar-refractivity contribution in [1.29, 1.82) is 0 Å². The van der Waals surface area contributed by atoms with Gasteiger partial charge in [0.25, 0.3) is 5.91 Å². The van der Waals surface area contributed by atoms with Crippen molar-refractivity contribution >= 4 is 29.5 Å². The van der Waals surface area contributed by atoms with E-state index in [4.69, 9.17) is 0 Å². The summed E-state index contributed by atoms with van der Waals surface area (Å²) in [5, 5.41) is 4.94. The Morgan fingerprint density at radius 2 is 2.10 bits per heavy atom. The molecule has 0 saturated carbocycles. The molecule has 1 aliphatic carbocycles. The Morgan fingerprint density at radius 1 is 1.23 bits per heavy atom. The van der Waals surface area contributed by atoms with Gasteiger partial charge in [-0.3, -0.25) is 19.9 Å². The van der Waals surface area contributed by atoms with Gasteiger partial charge in [0.15, 0.2) is 11.3 Å². The second-order valence-electron chi connectivity index (χ2n) is 7.17. The molecule has 6 nitrogen and oxygen atoms in total. The Bertz CT molecular complexity index is 1130. The molecular formula is C23H19N3O3S. The number of pyridine rings is 1. The summed E-state index contributed by atoms with van der Waals surface area (Å²) >= 11 is 1.60. The van der Waals surface area contributed by atoms with Gasteiger partial charge in [-0.2, -0.15) is 0 Å². The highest BCUT2D eigenvalue weighted by molar-refractivity contribution is 7.98. The zero-order valence-corrected chi connectivity index (χ0v) is 17.1. The van der Waals surface area contributed by atoms with Crippen LogP contribution in [0.25, 0.3) is 0 Å². The van der Waals surface area contributed by atoms with Crippen molar-refractivity contribution in [2.75, 3.05) is 6.26 Å². The molecule has 2 aliphatic rings. The number of nitrogens with one attached hydrogen (secondary N) is 2. The van der Waals surface area contributed by atoms with Gasteiger partial charge in [-0.25, -0.2) is 4.79 Å². The molecule has 1 unspecified atom stereocenters. The number of fused-ring (bicyclic) bond motifs is 1. The molecule has 1 aromatic carbocycles. The monoisotopic (exact) mass is 417 g/mol. The number of thioether (sulfide) groups is 1. The van der Waals surface area contributed by atoms with Crippen molar-refractivity contribution in [2.24, 2.45) is 0 Å². The number of allylic oxidation sites excluding steroid dienone is 2. The third-order valence-electron chi connectivity index (χ3n) is 5.18. The summed E-state index contributed by atoms with van der Waals surface area (Å²) in [7, 11) is 0. The lowest BCUT2D eigenvalue weighted by molar-refractivity contribution is -0.122. The van der Waals surface area contributed by atoms with E-state index in [-0.39, 0.29) is 12.2 Å². The smallest absolute Gasteiger partial charge is 0.313 e. The highest BCUT2D eigenvalue weighted by Crippen LogP contribution is 2.29. The van der Waals surface area contributed by atoms with Gasteiger partial charge in [-0.15, -0.1) is 11.8 Å². The lowest BCUT2D eigenvalue weighted by atomic mass is 9.85. The molecule has 2 aromatic rings. The molecule has 1 aliphatic heterocycles. The molecular weight excluding hydrogens is 398 g/mol. The van der Waals surface area contributed by atoms with E-state index in [1.165, 1.54) is 0 Å². The molecule has 7 heteroatoms. The van der Waals surface area contributed by atoms with E-state index in [1.807, 2.05) is 24.5 Å². The average Bonchev–Trinajstić information content (AvgIpc) is 3.04. The lowest BCUT2D eigenvalue weighted by Crippen LogP contribution is -2.45. The van der Waals surface area contributed by atoms with Crippen molar-refractivity contribution in [3.8, 4) is 11.8 Å². The van der Waals surface area contributed by atoms with Gasteiger partial charge < -0.3 is 5.32 Å². The minimum absolute atomic E-state index is 0.0300. The lowest BCUT2D eigenvalue weighted by Gasteiger charge is -2.22. The molecule has 3 amide bonds. The van der Waals surface area contributed by atoms with E-state index < -0.39 is 17.5 Å². The first-order valence-electron chi connectivity index (χ1n) is 9.46. The standard InChI is InChI=1S/C23H19N3O3S/c1-30-18-5-4-17-11-16(12-20(27)19(17)13-18)7-9-23(21(28)25-22(29)26-23)8-6-15-3-2-10-24-14-15/h2-5,10,12-14H,7,9,11H2,1H3,(H2,25,26,28,29). The predicted molar refractivity (Wildman–Crippen MR) is 114 cm³/mol. The maximum Gasteiger partial charge on any atom is 0.323 e. The normalized spacial score (nSPS) is 19.9. The minimum atomic E-state index is -1.33. The zero-order valence-electron chi connectivity index (χ0n) is 16.3. The summed E-state index contributed by atoms with van der Waals surface area (Å²) in [5.74, 6) is 5.35. The van der Waals surface area contributed by atoms with E-state index in [1.54, 1.807) is 42.4 Å². The topological polar surface area (TPSA) is 88.2 Å². The first-order chi connectivity index (χ1) is 14.5. The van der Waals surface area contributed by atoms with Crippen LogP contribution in [0.5, 0.6) is 0 Å². The summed E-state index contributed by atoms with van der Waals surface area (Å²) < 4.78 is 0. The van der Waals surface area contributed by atoms with Gasteiger partial charge in [-0.05, 0) is 61.4 Å². The van der Waals surface area contributed by atoms with Crippen LogP contribution < -0.4 is 10.6 Å². The van der Waals surface area contributed by atoms with Crippen LogP contribution in [0.2, 0.25) is 0 Å². The molecule has 150 valence electrons. The molecule has 0 bridgehead atoms. The fourth-order valence-electron chi connectivity index (χ4n) is 3.57. The predicted octanol–water partition coefficient (Wildman–Crippen LogP) is 2.88. The Hall–Kier alpha value is -3.37. The number of carbonyl (C=O) groups excluding carboxylic acids is 3. The van der Waals surface area contributed by atoms with Gasteiger partial charge >= 0.3 is 6.03 Å². The number of hydrogen-bond donors (Lipinski definition) is 2. The van der Waals surface area contributed by atoms with Crippen molar-refractivity contribution in [3.05, 3.63) is 71.1 Å². The summed E-state index contributed by atoms with van der Waals surface area (Å²) in [4.78, 5) is 42.0. The van der Waals surface area contributed by atoms with Gasteiger partial charge in [0.2, 0.25) is 0 Å². The van der Waals surface area contributed by atoms with E-state index in [9.17, 15) is 14.4 Å². The maximum absolute atomic E-state index is 12.6. The quantitative estimate of drug-likeness (QED) is 0.454. The highest BCUT2D eigenvalue weighted by Gasteiger charge is 2.44. The average molecular weight is 417 g/mol.